The minimum absolute atomic E-state index is 0.518. The van der Waals surface area contributed by atoms with Crippen LogP contribution in [0.2, 0.25) is 0 Å². The number of hydrogen-bond donors (Lipinski definition) is 0. The van der Waals surface area contributed by atoms with Crippen molar-refractivity contribution in [2.75, 3.05) is 0 Å². The van der Waals surface area contributed by atoms with Crippen molar-refractivity contribution in [3.63, 3.8) is 0 Å². The maximum absolute atomic E-state index is 5.45. The van der Waals surface area contributed by atoms with Gasteiger partial charge in [-0.1, -0.05) is 19.0 Å². The SMILES string of the molecule is Cc1cc(-c2noc(-c3cc(C)nc(CC(C)C)c3)n2)ccn1. The lowest BCUT2D eigenvalue weighted by Crippen LogP contribution is -1.99. The van der Waals surface area contributed by atoms with E-state index in [9.17, 15) is 0 Å². The van der Waals surface area contributed by atoms with Crippen molar-refractivity contribution in [2.45, 2.75) is 34.1 Å². The fraction of sp³-hybridized carbons (Fsp3) is 0.333. The zero-order valence-corrected chi connectivity index (χ0v) is 13.9. The van der Waals surface area contributed by atoms with E-state index in [0.29, 0.717) is 17.6 Å². The van der Waals surface area contributed by atoms with Crippen molar-refractivity contribution in [1.82, 2.24) is 20.1 Å². The van der Waals surface area contributed by atoms with Crippen molar-refractivity contribution >= 4 is 0 Å². The van der Waals surface area contributed by atoms with Gasteiger partial charge in [0.25, 0.3) is 5.89 Å². The predicted octanol–water partition coefficient (Wildman–Crippen LogP) is 4.01. The Morgan fingerprint density at radius 2 is 1.78 bits per heavy atom. The molecule has 3 rings (SSSR count). The first-order valence-electron chi connectivity index (χ1n) is 7.76. The van der Waals surface area contributed by atoms with E-state index in [-0.39, 0.29) is 0 Å². The maximum Gasteiger partial charge on any atom is 0.258 e. The van der Waals surface area contributed by atoms with Gasteiger partial charge in [-0.15, -0.1) is 0 Å². The van der Waals surface area contributed by atoms with Gasteiger partial charge >= 0.3 is 0 Å². The third-order valence-electron chi connectivity index (χ3n) is 3.45. The average molecular weight is 308 g/mol. The molecule has 5 heteroatoms. The van der Waals surface area contributed by atoms with Crippen LogP contribution < -0.4 is 0 Å². The molecule has 0 aliphatic rings. The van der Waals surface area contributed by atoms with Crippen LogP contribution in [0.1, 0.15) is 30.9 Å². The molecule has 0 saturated heterocycles. The molecule has 0 atom stereocenters. The highest BCUT2D eigenvalue weighted by Crippen LogP contribution is 2.24. The van der Waals surface area contributed by atoms with Gasteiger partial charge in [0, 0.05) is 34.4 Å². The Balaban J connectivity index is 1.95. The lowest BCUT2D eigenvalue weighted by molar-refractivity contribution is 0.432. The van der Waals surface area contributed by atoms with Gasteiger partial charge in [-0.3, -0.25) is 9.97 Å². The van der Waals surface area contributed by atoms with Gasteiger partial charge in [0.1, 0.15) is 0 Å². The third kappa shape index (κ3) is 3.62. The quantitative estimate of drug-likeness (QED) is 0.728. The lowest BCUT2D eigenvalue weighted by Gasteiger charge is -2.06. The van der Waals surface area contributed by atoms with Crippen LogP contribution in [0.5, 0.6) is 0 Å². The Kier molecular flexibility index (Phi) is 4.19. The zero-order valence-electron chi connectivity index (χ0n) is 13.9. The number of hydrogen-bond acceptors (Lipinski definition) is 5. The molecule has 0 saturated carbocycles. The Bertz CT molecular complexity index is 823. The molecule has 0 spiro atoms. The summed E-state index contributed by atoms with van der Waals surface area (Å²) in [7, 11) is 0. The molecule has 3 heterocycles. The molecule has 0 N–H and O–H groups in total. The number of nitrogens with zero attached hydrogens (tertiary/aromatic N) is 4. The van der Waals surface area contributed by atoms with Crippen molar-refractivity contribution in [2.24, 2.45) is 5.92 Å². The molecule has 5 nitrogen and oxygen atoms in total. The van der Waals surface area contributed by atoms with Crippen molar-refractivity contribution in [1.29, 1.82) is 0 Å². The first-order chi connectivity index (χ1) is 11.0. The zero-order chi connectivity index (χ0) is 16.4. The minimum Gasteiger partial charge on any atom is -0.334 e. The smallest absolute Gasteiger partial charge is 0.258 e. The number of rotatable bonds is 4. The highest BCUT2D eigenvalue weighted by atomic mass is 16.5. The highest BCUT2D eigenvalue weighted by Gasteiger charge is 2.13. The van der Waals surface area contributed by atoms with Gasteiger partial charge < -0.3 is 4.52 Å². The van der Waals surface area contributed by atoms with Gasteiger partial charge in [0.2, 0.25) is 5.82 Å². The molecule has 3 aromatic heterocycles. The standard InChI is InChI=1S/C18H20N4O/c1-11(2)7-16-10-15(9-13(4)20-16)18-21-17(22-23-18)14-5-6-19-12(3)8-14/h5-6,8-11H,7H2,1-4H3. The van der Waals surface area contributed by atoms with E-state index in [1.54, 1.807) is 6.20 Å². The second-order valence-electron chi connectivity index (χ2n) is 6.20. The number of aromatic nitrogens is 4. The summed E-state index contributed by atoms with van der Waals surface area (Å²) in [6.45, 7) is 8.28. The first-order valence-corrected chi connectivity index (χ1v) is 7.76. The molecule has 118 valence electrons. The topological polar surface area (TPSA) is 64.7 Å². The summed E-state index contributed by atoms with van der Waals surface area (Å²) in [4.78, 5) is 13.3. The molecule has 0 aliphatic carbocycles. The summed E-state index contributed by atoms with van der Waals surface area (Å²) >= 11 is 0. The van der Waals surface area contributed by atoms with E-state index in [2.05, 4.69) is 34.0 Å². The van der Waals surface area contributed by atoms with Gasteiger partial charge in [0.05, 0.1) is 0 Å². The largest absolute Gasteiger partial charge is 0.334 e. The molecule has 0 radical (unpaired) electrons. The molecule has 0 fully saturated rings. The third-order valence-corrected chi connectivity index (χ3v) is 3.45. The Hall–Kier alpha value is -2.56. The average Bonchev–Trinajstić information content (AvgIpc) is 2.95. The maximum atomic E-state index is 5.45. The van der Waals surface area contributed by atoms with Gasteiger partial charge in [-0.25, -0.2) is 0 Å². The first kappa shape index (κ1) is 15.3. The summed E-state index contributed by atoms with van der Waals surface area (Å²) in [6, 6.07) is 7.82. The second-order valence-corrected chi connectivity index (χ2v) is 6.20. The van der Waals surface area contributed by atoms with Gasteiger partial charge in [-0.05, 0) is 50.5 Å². The van der Waals surface area contributed by atoms with E-state index >= 15 is 0 Å². The summed E-state index contributed by atoms with van der Waals surface area (Å²) in [6.07, 6.45) is 2.68. The van der Waals surface area contributed by atoms with Crippen LogP contribution in [0.15, 0.2) is 35.0 Å². The van der Waals surface area contributed by atoms with Gasteiger partial charge in [-0.2, -0.15) is 4.98 Å². The van der Waals surface area contributed by atoms with E-state index < -0.39 is 0 Å². The molecule has 0 amide bonds. The molecular weight excluding hydrogens is 288 g/mol. The van der Waals surface area contributed by atoms with Crippen LogP contribution in [0.3, 0.4) is 0 Å². The van der Waals surface area contributed by atoms with Crippen LogP contribution in [-0.4, -0.2) is 20.1 Å². The molecule has 0 unspecified atom stereocenters. The van der Waals surface area contributed by atoms with E-state index in [0.717, 1.165) is 34.6 Å². The fourth-order valence-corrected chi connectivity index (χ4v) is 2.53. The Morgan fingerprint density at radius 3 is 2.52 bits per heavy atom. The van der Waals surface area contributed by atoms with E-state index in [1.807, 2.05) is 38.1 Å². The van der Waals surface area contributed by atoms with E-state index in [1.165, 1.54) is 0 Å². The molecule has 0 bridgehead atoms. The molecule has 23 heavy (non-hydrogen) atoms. The van der Waals surface area contributed by atoms with Gasteiger partial charge in [0.15, 0.2) is 0 Å². The summed E-state index contributed by atoms with van der Waals surface area (Å²) in [5.74, 6) is 1.64. The lowest BCUT2D eigenvalue weighted by atomic mass is 10.1. The number of aryl methyl sites for hydroxylation is 2. The van der Waals surface area contributed by atoms with Crippen LogP contribution in [0.25, 0.3) is 22.8 Å². The predicted molar refractivity (Wildman–Crippen MR) is 88.8 cm³/mol. The van der Waals surface area contributed by atoms with Crippen LogP contribution in [0.4, 0.5) is 0 Å². The Labute approximate surface area is 135 Å². The summed E-state index contributed by atoms with van der Waals surface area (Å²) in [5, 5.41) is 4.09. The monoisotopic (exact) mass is 308 g/mol. The number of pyridine rings is 2. The van der Waals surface area contributed by atoms with Crippen molar-refractivity contribution in [3.05, 3.63) is 47.5 Å². The summed E-state index contributed by atoms with van der Waals surface area (Å²) < 4.78 is 5.45. The fourth-order valence-electron chi connectivity index (χ4n) is 2.53. The second kappa shape index (κ2) is 6.28. The molecule has 0 aromatic carbocycles. The molecule has 3 aromatic rings. The highest BCUT2D eigenvalue weighted by molar-refractivity contribution is 5.60. The van der Waals surface area contributed by atoms with Crippen molar-refractivity contribution < 1.29 is 4.52 Å². The normalized spacial score (nSPS) is 11.2. The van der Waals surface area contributed by atoms with Crippen molar-refractivity contribution in [3.8, 4) is 22.8 Å². The van der Waals surface area contributed by atoms with Crippen LogP contribution in [0, 0.1) is 19.8 Å². The summed E-state index contributed by atoms with van der Waals surface area (Å²) in [5.41, 5.74) is 4.75. The molecule has 0 aliphatic heterocycles. The van der Waals surface area contributed by atoms with Crippen LogP contribution in [-0.2, 0) is 6.42 Å². The Morgan fingerprint density at radius 1 is 1.00 bits per heavy atom. The van der Waals surface area contributed by atoms with E-state index in [4.69, 9.17) is 4.52 Å². The molecular formula is C18H20N4O. The van der Waals surface area contributed by atoms with Crippen LogP contribution >= 0.6 is 0 Å². The minimum atomic E-state index is 0.518.